The molecule has 2 aliphatic rings. The first-order valence-electron chi connectivity index (χ1n) is 7.49. The number of benzene rings is 1. The second-order valence-corrected chi connectivity index (χ2v) is 5.94. The van der Waals surface area contributed by atoms with E-state index in [1.165, 1.54) is 11.3 Å². The van der Waals surface area contributed by atoms with E-state index in [-0.39, 0.29) is 12.0 Å². The van der Waals surface area contributed by atoms with Gasteiger partial charge in [0.2, 0.25) is 0 Å². The summed E-state index contributed by atoms with van der Waals surface area (Å²) in [5.74, 6) is -0.0948. The second-order valence-electron chi connectivity index (χ2n) is 5.94. The van der Waals surface area contributed by atoms with Crippen LogP contribution in [0.4, 0.5) is 5.69 Å². The van der Waals surface area contributed by atoms with Crippen molar-refractivity contribution >= 4 is 11.7 Å². The van der Waals surface area contributed by atoms with Crippen molar-refractivity contribution in [3.8, 4) is 5.75 Å². The summed E-state index contributed by atoms with van der Waals surface area (Å²) in [6, 6.07) is 4.29. The number of aliphatic carboxylic acids is 1. The van der Waals surface area contributed by atoms with Crippen LogP contribution in [0, 0.1) is 5.92 Å². The van der Waals surface area contributed by atoms with E-state index in [0.717, 1.165) is 30.7 Å². The summed E-state index contributed by atoms with van der Waals surface area (Å²) in [5, 5.41) is 12.5. The number of hydrogen-bond donors (Lipinski definition) is 2. The number of fused-ring (bicyclic) bond motifs is 1. The van der Waals surface area contributed by atoms with Gasteiger partial charge in [0, 0.05) is 43.0 Å². The molecule has 114 valence electrons. The minimum atomic E-state index is -0.721. The summed E-state index contributed by atoms with van der Waals surface area (Å²) in [6.07, 6.45) is 2.77. The number of ether oxygens (including phenoxy) is 1. The molecule has 2 aliphatic heterocycles. The molecule has 0 saturated carbocycles. The molecule has 1 saturated heterocycles. The van der Waals surface area contributed by atoms with E-state index in [4.69, 9.17) is 9.84 Å². The van der Waals surface area contributed by atoms with Crippen molar-refractivity contribution in [2.24, 2.45) is 5.92 Å². The van der Waals surface area contributed by atoms with Gasteiger partial charge in [-0.1, -0.05) is 6.07 Å². The number of rotatable bonds is 3. The third kappa shape index (κ3) is 2.46. The zero-order valence-electron chi connectivity index (χ0n) is 12.6. The molecule has 2 atom stereocenters. The highest BCUT2D eigenvalue weighted by atomic mass is 16.5. The molecule has 0 spiro atoms. The molecular weight excluding hydrogens is 268 g/mol. The van der Waals surface area contributed by atoms with E-state index < -0.39 is 5.97 Å². The molecule has 3 rings (SSSR count). The standard InChI is InChI=1S/C16H22N2O3/c1-18-7-3-4-12-14(18)6-5-11(15(12)21-2)13-8-10(9-17-13)16(19)20/h5-6,10,13,17H,3-4,7-9H2,1-2H3,(H,19,20). The quantitative estimate of drug-likeness (QED) is 0.889. The van der Waals surface area contributed by atoms with Crippen molar-refractivity contribution in [2.75, 3.05) is 32.1 Å². The Balaban J connectivity index is 1.95. The summed E-state index contributed by atoms with van der Waals surface area (Å²) >= 11 is 0. The molecule has 2 heterocycles. The molecule has 1 aromatic rings. The highest BCUT2D eigenvalue weighted by Gasteiger charge is 2.33. The van der Waals surface area contributed by atoms with Crippen molar-refractivity contribution in [2.45, 2.75) is 25.3 Å². The Labute approximate surface area is 124 Å². The third-order valence-electron chi connectivity index (χ3n) is 4.66. The van der Waals surface area contributed by atoms with E-state index in [1.54, 1.807) is 7.11 Å². The minimum absolute atomic E-state index is 0.0681. The van der Waals surface area contributed by atoms with Crippen LogP contribution in [0.3, 0.4) is 0 Å². The fourth-order valence-electron chi connectivity index (χ4n) is 3.52. The van der Waals surface area contributed by atoms with Gasteiger partial charge in [0.05, 0.1) is 13.0 Å². The number of carbonyl (C=O) groups is 1. The molecule has 1 aromatic carbocycles. The minimum Gasteiger partial charge on any atom is -0.496 e. The van der Waals surface area contributed by atoms with Crippen molar-refractivity contribution < 1.29 is 14.6 Å². The van der Waals surface area contributed by atoms with Crippen LogP contribution in [-0.4, -0.2) is 38.3 Å². The van der Waals surface area contributed by atoms with Crippen LogP contribution in [0.15, 0.2) is 12.1 Å². The Morgan fingerprint density at radius 3 is 2.95 bits per heavy atom. The molecule has 21 heavy (non-hydrogen) atoms. The number of hydrogen-bond acceptors (Lipinski definition) is 4. The normalized spacial score (nSPS) is 24.8. The van der Waals surface area contributed by atoms with Gasteiger partial charge in [0.15, 0.2) is 0 Å². The predicted octanol–water partition coefficient (Wildman–Crippen LogP) is 1.81. The number of nitrogens with one attached hydrogen (secondary N) is 1. The van der Waals surface area contributed by atoms with E-state index in [2.05, 4.69) is 29.4 Å². The Morgan fingerprint density at radius 1 is 1.48 bits per heavy atom. The van der Waals surface area contributed by atoms with Gasteiger partial charge < -0.3 is 20.1 Å². The van der Waals surface area contributed by atoms with Gasteiger partial charge in [-0.05, 0) is 25.3 Å². The summed E-state index contributed by atoms with van der Waals surface area (Å²) < 4.78 is 5.69. The van der Waals surface area contributed by atoms with Crippen LogP contribution in [0.2, 0.25) is 0 Å². The molecule has 0 aromatic heterocycles. The van der Waals surface area contributed by atoms with Crippen molar-refractivity contribution in [1.29, 1.82) is 0 Å². The Morgan fingerprint density at radius 2 is 2.29 bits per heavy atom. The van der Waals surface area contributed by atoms with Crippen molar-refractivity contribution in [1.82, 2.24) is 5.32 Å². The molecule has 2 unspecified atom stereocenters. The van der Waals surface area contributed by atoms with Gasteiger partial charge in [-0.3, -0.25) is 4.79 Å². The van der Waals surface area contributed by atoms with Crippen LogP contribution in [-0.2, 0) is 11.2 Å². The molecule has 0 bridgehead atoms. The average molecular weight is 290 g/mol. The van der Waals surface area contributed by atoms with Gasteiger partial charge in [-0.25, -0.2) is 0 Å². The molecule has 0 amide bonds. The smallest absolute Gasteiger partial charge is 0.307 e. The Hall–Kier alpha value is -1.75. The summed E-state index contributed by atoms with van der Waals surface area (Å²) in [7, 11) is 3.81. The third-order valence-corrected chi connectivity index (χ3v) is 4.66. The van der Waals surface area contributed by atoms with Gasteiger partial charge in [-0.15, -0.1) is 0 Å². The number of methoxy groups -OCH3 is 1. The van der Waals surface area contributed by atoms with E-state index in [0.29, 0.717) is 13.0 Å². The summed E-state index contributed by atoms with van der Waals surface area (Å²) in [6.45, 7) is 1.60. The highest BCUT2D eigenvalue weighted by Crippen LogP contribution is 2.41. The van der Waals surface area contributed by atoms with Crippen molar-refractivity contribution in [3.63, 3.8) is 0 Å². The zero-order valence-corrected chi connectivity index (χ0v) is 12.6. The molecule has 5 nitrogen and oxygen atoms in total. The Kier molecular flexibility index (Phi) is 3.76. The lowest BCUT2D eigenvalue weighted by atomic mass is 9.93. The zero-order chi connectivity index (χ0) is 15.0. The first-order valence-corrected chi connectivity index (χ1v) is 7.49. The molecule has 2 N–H and O–H groups in total. The molecule has 0 radical (unpaired) electrons. The maximum Gasteiger partial charge on any atom is 0.307 e. The molecular formula is C16H22N2O3. The SMILES string of the molecule is COc1c(C2CC(C(=O)O)CN2)ccc2c1CCCN2C. The summed E-state index contributed by atoms with van der Waals surface area (Å²) in [4.78, 5) is 13.4. The number of anilines is 1. The first kappa shape index (κ1) is 14.2. The van der Waals surface area contributed by atoms with E-state index in [1.807, 2.05) is 0 Å². The van der Waals surface area contributed by atoms with Crippen LogP contribution in [0.1, 0.15) is 30.0 Å². The average Bonchev–Trinajstić information content (AvgIpc) is 2.96. The largest absolute Gasteiger partial charge is 0.496 e. The van der Waals surface area contributed by atoms with Crippen LogP contribution in [0.25, 0.3) is 0 Å². The topological polar surface area (TPSA) is 61.8 Å². The highest BCUT2D eigenvalue weighted by molar-refractivity contribution is 5.71. The molecule has 0 aliphatic carbocycles. The number of nitrogens with zero attached hydrogens (tertiary/aromatic N) is 1. The predicted molar refractivity (Wildman–Crippen MR) is 81.1 cm³/mol. The second kappa shape index (κ2) is 5.56. The first-order chi connectivity index (χ1) is 10.1. The summed E-state index contributed by atoms with van der Waals surface area (Å²) in [5.41, 5.74) is 3.58. The number of carboxylic acid groups (broad SMARTS) is 1. The monoisotopic (exact) mass is 290 g/mol. The van der Waals surface area contributed by atoms with Crippen LogP contribution in [0.5, 0.6) is 5.75 Å². The lowest BCUT2D eigenvalue weighted by Gasteiger charge is -2.30. The maximum atomic E-state index is 11.1. The van der Waals surface area contributed by atoms with Gasteiger partial charge >= 0.3 is 5.97 Å². The lowest BCUT2D eigenvalue weighted by Crippen LogP contribution is -2.25. The van der Waals surface area contributed by atoms with Crippen LogP contribution >= 0.6 is 0 Å². The van der Waals surface area contributed by atoms with E-state index in [9.17, 15) is 4.79 Å². The molecule has 5 heteroatoms. The lowest BCUT2D eigenvalue weighted by molar-refractivity contribution is -0.141. The number of carboxylic acids is 1. The maximum absolute atomic E-state index is 11.1. The van der Waals surface area contributed by atoms with Gasteiger partial charge in [0.25, 0.3) is 0 Å². The fourth-order valence-corrected chi connectivity index (χ4v) is 3.52. The Bertz CT molecular complexity index is 559. The van der Waals surface area contributed by atoms with E-state index >= 15 is 0 Å². The molecule has 1 fully saturated rings. The fraction of sp³-hybridized carbons (Fsp3) is 0.562. The van der Waals surface area contributed by atoms with Crippen molar-refractivity contribution in [3.05, 3.63) is 23.3 Å². The van der Waals surface area contributed by atoms with Gasteiger partial charge in [-0.2, -0.15) is 0 Å². The van der Waals surface area contributed by atoms with Gasteiger partial charge in [0.1, 0.15) is 5.75 Å². The van der Waals surface area contributed by atoms with Crippen LogP contribution < -0.4 is 15.0 Å².